The van der Waals surface area contributed by atoms with Crippen molar-refractivity contribution in [2.24, 2.45) is 34.0 Å². The second kappa shape index (κ2) is 14.9. The minimum atomic E-state index is -3.50. The summed E-state index contributed by atoms with van der Waals surface area (Å²) in [6.07, 6.45) is 9.04. The number of carbonyl (C=O) groups excluding carboxylic acids is 5. The molecule has 4 N–H and O–H groups in total. The number of nitrogens with zero attached hydrogens (tertiary/aromatic N) is 2. The minimum Gasteiger partial charge on any atom is -0.346 e. The van der Waals surface area contributed by atoms with Gasteiger partial charge in [0.2, 0.25) is 27.6 Å². The summed E-state index contributed by atoms with van der Waals surface area (Å²) in [5.74, 6) is -2.12. The highest BCUT2D eigenvalue weighted by molar-refractivity contribution is 7.88. The number of Topliss-reactive ketones (excluding diaryl/α,β-unsaturated/α-hetero) is 1. The van der Waals surface area contributed by atoms with Crippen LogP contribution in [0.2, 0.25) is 0 Å². The molecular formula is C36H60N6O7S. The number of likely N-dealkylation sites (N-methyl/N-ethyl adjacent to an activating group) is 1. The van der Waals surface area contributed by atoms with Crippen molar-refractivity contribution >= 4 is 39.6 Å². The topological polar surface area (TPSA) is 174 Å². The lowest BCUT2D eigenvalue weighted by atomic mass is 9.70. The first-order valence-electron chi connectivity index (χ1n) is 18.1. The average molecular weight is 721 g/mol. The lowest BCUT2D eigenvalue weighted by Crippen LogP contribution is -2.63. The van der Waals surface area contributed by atoms with Crippen LogP contribution in [0.4, 0.5) is 4.79 Å². The number of carbonyl (C=O) groups is 5. The third-order valence-corrected chi connectivity index (χ3v) is 13.1. The Kier molecular flexibility index (Phi) is 11.9. The summed E-state index contributed by atoms with van der Waals surface area (Å²) < 4.78 is 25.6. The fourth-order valence-corrected chi connectivity index (χ4v) is 8.43. The third kappa shape index (κ3) is 9.07. The molecule has 0 bridgehead atoms. The van der Waals surface area contributed by atoms with Gasteiger partial charge in [-0.1, -0.05) is 79.7 Å². The van der Waals surface area contributed by atoms with Gasteiger partial charge in [-0.25, -0.2) is 17.5 Å². The summed E-state index contributed by atoms with van der Waals surface area (Å²) in [5, 5.41) is 11.4. The predicted octanol–water partition coefficient (Wildman–Crippen LogP) is 2.57. The molecule has 0 spiro atoms. The van der Waals surface area contributed by atoms with Crippen LogP contribution in [0, 0.1) is 34.0 Å². The molecule has 50 heavy (non-hydrogen) atoms. The Labute approximate surface area is 298 Å². The maximum atomic E-state index is 14.8. The van der Waals surface area contributed by atoms with Crippen molar-refractivity contribution in [3.05, 3.63) is 12.7 Å². The van der Waals surface area contributed by atoms with E-state index in [1.165, 1.54) is 17.4 Å². The lowest BCUT2D eigenvalue weighted by Gasteiger charge is -2.43. The molecule has 282 valence electrons. The number of hydrogen-bond acceptors (Lipinski definition) is 7. The summed E-state index contributed by atoms with van der Waals surface area (Å²) in [6, 6.07) is -3.96. The van der Waals surface area contributed by atoms with Crippen LogP contribution in [0.5, 0.6) is 0 Å². The van der Waals surface area contributed by atoms with Crippen molar-refractivity contribution in [1.29, 1.82) is 0 Å². The molecule has 13 nitrogen and oxygen atoms in total. The molecule has 5 amide bonds. The molecule has 3 aliphatic carbocycles. The van der Waals surface area contributed by atoms with Gasteiger partial charge in [0.1, 0.15) is 12.1 Å². The number of urea groups is 1. The van der Waals surface area contributed by atoms with Gasteiger partial charge in [0.25, 0.3) is 5.91 Å². The third-order valence-electron chi connectivity index (χ3n) is 11.9. The average Bonchev–Trinajstić information content (AvgIpc) is 3.88. The maximum Gasteiger partial charge on any atom is 0.315 e. The highest BCUT2D eigenvalue weighted by Crippen LogP contribution is 2.65. The monoisotopic (exact) mass is 720 g/mol. The van der Waals surface area contributed by atoms with E-state index in [1.54, 1.807) is 4.90 Å². The zero-order valence-corrected chi connectivity index (χ0v) is 32.1. The normalized spacial score (nSPS) is 25.8. The number of ketones is 1. The molecule has 4 fully saturated rings. The first-order valence-corrected chi connectivity index (χ1v) is 20.0. The van der Waals surface area contributed by atoms with Crippen LogP contribution in [0.1, 0.15) is 92.9 Å². The number of sulfonamides is 1. The van der Waals surface area contributed by atoms with E-state index in [4.69, 9.17) is 0 Å². The summed E-state index contributed by atoms with van der Waals surface area (Å²) in [4.78, 5) is 70.2. The molecule has 3 saturated carbocycles. The van der Waals surface area contributed by atoms with Crippen molar-refractivity contribution < 1.29 is 32.4 Å². The summed E-state index contributed by atoms with van der Waals surface area (Å²) >= 11 is 0. The van der Waals surface area contributed by atoms with Crippen LogP contribution in [0.25, 0.3) is 0 Å². The van der Waals surface area contributed by atoms with Gasteiger partial charge in [-0.15, -0.1) is 6.58 Å². The predicted molar refractivity (Wildman–Crippen MR) is 191 cm³/mol. The summed E-state index contributed by atoms with van der Waals surface area (Å²) in [7, 11) is -2.04. The molecule has 1 heterocycles. The highest BCUT2D eigenvalue weighted by atomic mass is 32.2. The number of nitrogens with one attached hydrogen (secondary N) is 4. The molecule has 0 radical (unpaired) electrons. The Bertz CT molecular complexity index is 1450. The van der Waals surface area contributed by atoms with Crippen molar-refractivity contribution in [3.8, 4) is 0 Å². The van der Waals surface area contributed by atoms with E-state index in [9.17, 15) is 32.4 Å². The van der Waals surface area contributed by atoms with E-state index in [1.807, 2.05) is 27.7 Å². The van der Waals surface area contributed by atoms with Gasteiger partial charge in [-0.2, -0.15) is 0 Å². The van der Waals surface area contributed by atoms with Crippen LogP contribution in [-0.2, 0) is 29.2 Å². The van der Waals surface area contributed by atoms with E-state index in [0.717, 1.165) is 38.4 Å². The number of hydrogen-bond donors (Lipinski definition) is 4. The first kappa shape index (κ1) is 39.8. The fraction of sp³-hybridized carbons (Fsp3) is 0.806. The zero-order valence-electron chi connectivity index (χ0n) is 31.3. The molecule has 0 aromatic rings. The van der Waals surface area contributed by atoms with Crippen molar-refractivity contribution in [1.82, 2.24) is 30.5 Å². The SMILES string of the molecule is C=CCNC(=O)C(=O)C(CC1CC1)NC(=O)[C@@H]1[C@@H]2[C@H](CN1C(=O)[C@@H](NC(=O)N[C@H](CN(C)S(C)(=O)=O)C(C)(C)C)C1(C)CCCCC1)C2(C)C. The van der Waals surface area contributed by atoms with E-state index >= 15 is 0 Å². The number of fused-ring (bicyclic) bond motifs is 1. The lowest BCUT2D eigenvalue weighted by molar-refractivity contribution is -0.146. The van der Waals surface area contributed by atoms with Gasteiger partial charge in [0.15, 0.2) is 0 Å². The van der Waals surface area contributed by atoms with Gasteiger partial charge in [0, 0.05) is 32.7 Å². The number of rotatable bonds is 15. The van der Waals surface area contributed by atoms with Crippen LogP contribution < -0.4 is 21.3 Å². The summed E-state index contributed by atoms with van der Waals surface area (Å²) in [5.41, 5.74) is -1.28. The van der Waals surface area contributed by atoms with Gasteiger partial charge >= 0.3 is 6.03 Å². The largest absolute Gasteiger partial charge is 0.346 e. The first-order chi connectivity index (χ1) is 23.1. The Morgan fingerprint density at radius 3 is 2.16 bits per heavy atom. The molecule has 4 rings (SSSR count). The van der Waals surface area contributed by atoms with Gasteiger partial charge < -0.3 is 26.2 Å². The summed E-state index contributed by atoms with van der Waals surface area (Å²) in [6.45, 7) is 16.0. The number of piperidine rings is 1. The van der Waals surface area contributed by atoms with Crippen LogP contribution >= 0.6 is 0 Å². The molecule has 1 saturated heterocycles. The second-order valence-corrected chi connectivity index (χ2v) is 19.3. The van der Waals surface area contributed by atoms with E-state index in [-0.39, 0.29) is 42.2 Å². The Balaban J connectivity index is 1.59. The van der Waals surface area contributed by atoms with Crippen molar-refractivity contribution in [3.63, 3.8) is 0 Å². The minimum absolute atomic E-state index is 0.0464. The standard InChI is InChI=1S/C36H60N6O7S/c1-10-18-37-31(45)28(43)24(19-22-14-15-22)38-30(44)27-26-23(35(26,5)6)20-42(27)32(46)29(36(7)16-12-11-13-17-36)40-33(47)39-25(34(2,3)4)21-41(8)50(9,48)49/h10,22-27,29H,1,11-21H2,2-9H3,(H,37,45)(H,38,44)(H2,39,40,47)/t23-,24?,25+,26-,27-,29+/m0/s1. The molecule has 4 aliphatic rings. The molecule has 1 aliphatic heterocycles. The van der Waals surface area contributed by atoms with Crippen LogP contribution in [-0.4, -0.2) is 104 Å². The van der Waals surface area contributed by atoms with Gasteiger partial charge in [0.05, 0.1) is 12.3 Å². The quantitative estimate of drug-likeness (QED) is 0.149. The zero-order chi connectivity index (χ0) is 37.4. The van der Waals surface area contributed by atoms with Crippen LogP contribution in [0.3, 0.4) is 0 Å². The molecule has 0 aromatic heterocycles. The van der Waals surface area contributed by atoms with E-state index in [0.29, 0.717) is 25.8 Å². The Morgan fingerprint density at radius 2 is 1.62 bits per heavy atom. The Morgan fingerprint density at radius 1 is 1.00 bits per heavy atom. The molecular weight excluding hydrogens is 660 g/mol. The maximum absolute atomic E-state index is 14.8. The van der Waals surface area contributed by atoms with E-state index < -0.39 is 68.6 Å². The van der Waals surface area contributed by atoms with Crippen molar-refractivity contribution in [2.45, 2.75) is 117 Å². The number of likely N-dealkylation sites (tertiary alicyclic amines) is 1. The van der Waals surface area contributed by atoms with Crippen molar-refractivity contribution in [2.75, 3.05) is 32.9 Å². The Hall–Kier alpha value is -3.00. The fourth-order valence-electron chi connectivity index (χ4n) is 8.01. The molecule has 0 aromatic carbocycles. The smallest absolute Gasteiger partial charge is 0.315 e. The second-order valence-electron chi connectivity index (χ2n) is 17.2. The number of amides is 5. The van der Waals surface area contributed by atoms with Gasteiger partial charge in [-0.05, 0) is 53.3 Å². The molecule has 6 atom stereocenters. The van der Waals surface area contributed by atoms with E-state index in [2.05, 4.69) is 41.7 Å². The highest BCUT2D eigenvalue weighted by Gasteiger charge is 2.70. The van der Waals surface area contributed by atoms with Crippen LogP contribution in [0.15, 0.2) is 12.7 Å². The molecule has 14 heteroatoms. The molecule has 1 unspecified atom stereocenters. The van der Waals surface area contributed by atoms with Gasteiger partial charge in [-0.3, -0.25) is 19.2 Å².